The highest BCUT2D eigenvalue weighted by atomic mass is 35.5. The predicted molar refractivity (Wildman–Crippen MR) is 105 cm³/mol. The molecule has 5 atom stereocenters. The van der Waals surface area contributed by atoms with Crippen molar-refractivity contribution in [3.05, 3.63) is 55.7 Å². The van der Waals surface area contributed by atoms with E-state index in [4.69, 9.17) is 26.2 Å². The van der Waals surface area contributed by atoms with Crippen LogP contribution in [0.4, 0.5) is 0 Å². The number of hydrogen-bond donors (Lipinski definition) is 4. The Balaban J connectivity index is 1.67. The summed E-state index contributed by atoms with van der Waals surface area (Å²) in [6.45, 7) is 1.76. The molecule has 7 nitrogen and oxygen atoms in total. The van der Waals surface area contributed by atoms with Crippen molar-refractivity contribution in [2.45, 2.75) is 56.6 Å². The fourth-order valence-electron chi connectivity index (χ4n) is 3.90. The van der Waals surface area contributed by atoms with Gasteiger partial charge in [-0.1, -0.05) is 11.6 Å². The summed E-state index contributed by atoms with van der Waals surface area (Å²) in [5.41, 5.74) is 2.08. The van der Waals surface area contributed by atoms with E-state index in [1.165, 1.54) is 11.3 Å². The molecule has 1 fully saturated rings. The number of aliphatic carboxylic acids is 1. The summed E-state index contributed by atoms with van der Waals surface area (Å²) in [6, 6.07) is 7.20. The molecule has 2 aromatic rings. The second-order valence-electron chi connectivity index (χ2n) is 7.42. The van der Waals surface area contributed by atoms with Gasteiger partial charge in [-0.2, -0.15) is 0 Å². The zero-order valence-corrected chi connectivity index (χ0v) is 17.1. The summed E-state index contributed by atoms with van der Waals surface area (Å²) < 4.78 is 11.7. The third kappa shape index (κ3) is 3.59. The predicted octanol–water partition coefficient (Wildman–Crippen LogP) is 1.80. The summed E-state index contributed by atoms with van der Waals surface area (Å²) >= 11 is 7.86. The lowest BCUT2D eigenvalue weighted by atomic mass is 9.87. The van der Waals surface area contributed by atoms with Crippen molar-refractivity contribution < 1.29 is 34.7 Å². The molecule has 0 radical (unpaired) electrons. The second-order valence-corrected chi connectivity index (χ2v) is 9.08. The van der Waals surface area contributed by atoms with E-state index in [0.717, 1.165) is 20.9 Å². The first-order valence-corrected chi connectivity index (χ1v) is 10.4. The standard InChI is InChI=1S/C20H21ClO7S/c1-9-17(24)18(25)19(26)20(28-9)14-5-10(15(21)6-11(14)8-27-20)4-12-2-3-13(29-12)7-16(22)23/h2-3,5-6,9,17-19,24-26H,4,7-8H2,1H3,(H,22,23)/t9-,17-,18+,19-,20+/m1/s1. The molecule has 156 valence electrons. The van der Waals surface area contributed by atoms with E-state index in [0.29, 0.717) is 17.0 Å². The van der Waals surface area contributed by atoms with Crippen LogP contribution in [0.3, 0.4) is 0 Å². The third-order valence-corrected chi connectivity index (χ3v) is 6.84. The van der Waals surface area contributed by atoms with E-state index < -0.39 is 36.2 Å². The Morgan fingerprint density at radius 2 is 1.97 bits per heavy atom. The van der Waals surface area contributed by atoms with Crippen LogP contribution < -0.4 is 0 Å². The number of thiophene rings is 1. The smallest absolute Gasteiger partial charge is 0.308 e. The summed E-state index contributed by atoms with van der Waals surface area (Å²) in [5.74, 6) is -2.46. The normalized spacial score (nSPS) is 31.2. The van der Waals surface area contributed by atoms with Crippen LogP contribution >= 0.6 is 22.9 Å². The maximum atomic E-state index is 10.9. The Bertz CT molecular complexity index is 945. The lowest BCUT2D eigenvalue weighted by Crippen LogP contribution is -2.62. The molecule has 4 N–H and O–H groups in total. The Kier molecular flexibility index (Phi) is 5.45. The molecule has 2 aliphatic rings. The molecular formula is C20H21ClO7S. The van der Waals surface area contributed by atoms with Gasteiger partial charge in [-0.05, 0) is 42.3 Å². The van der Waals surface area contributed by atoms with Crippen molar-refractivity contribution in [3.8, 4) is 0 Å². The molecule has 0 amide bonds. The van der Waals surface area contributed by atoms with Crippen molar-refractivity contribution in [2.24, 2.45) is 0 Å². The molecule has 1 spiro atoms. The van der Waals surface area contributed by atoms with Crippen LogP contribution in [-0.4, -0.2) is 50.8 Å². The van der Waals surface area contributed by atoms with Gasteiger partial charge in [-0.25, -0.2) is 0 Å². The van der Waals surface area contributed by atoms with Gasteiger partial charge in [-0.3, -0.25) is 4.79 Å². The van der Waals surface area contributed by atoms with Crippen LogP contribution in [-0.2, 0) is 39.5 Å². The fourth-order valence-corrected chi connectivity index (χ4v) is 5.18. The third-order valence-electron chi connectivity index (χ3n) is 5.40. The van der Waals surface area contributed by atoms with E-state index in [9.17, 15) is 20.1 Å². The summed E-state index contributed by atoms with van der Waals surface area (Å²) in [5, 5.41) is 40.4. The number of aliphatic hydroxyl groups is 3. The maximum Gasteiger partial charge on any atom is 0.308 e. The summed E-state index contributed by atoms with van der Waals surface area (Å²) in [6.07, 6.45) is -4.41. The first-order valence-electron chi connectivity index (χ1n) is 9.18. The largest absolute Gasteiger partial charge is 0.481 e. The van der Waals surface area contributed by atoms with Crippen molar-refractivity contribution >= 4 is 28.9 Å². The molecule has 1 aromatic carbocycles. The summed E-state index contributed by atoms with van der Waals surface area (Å²) in [4.78, 5) is 12.6. The summed E-state index contributed by atoms with van der Waals surface area (Å²) in [7, 11) is 0. The number of carboxylic acid groups (broad SMARTS) is 1. The van der Waals surface area contributed by atoms with E-state index in [1.54, 1.807) is 25.1 Å². The number of fused-ring (bicyclic) bond motifs is 2. The van der Waals surface area contributed by atoms with E-state index in [2.05, 4.69) is 0 Å². The molecule has 4 rings (SSSR count). The highest BCUT2D eigenvalue weighted by Crippen LogP contribution is 2.47. The second kappa shape index (κ2) is 7.63. The van der Waals surface area contributed by atoms with Crippen molar-refractivity contribution in [1.82, 2.24) is 0 Å². The SMILES string of the molecule is C[C@H]1O[C@]2(OCc3cc(Cl)c(Cc4ccc(CC(=O)O)s4)cc32)[C@H](O)[C@@H](O)[C@@H]1O. The molecule has 0 bridgehead atoms. The van der Waals surface area contributed by atoms with Gasteiger partial charge in [0.15, 0.2) is 0 Å². The van der Waals surface area contributed by atoms with Crippen LogP contribution in [0.1, 0.15) is 33.4 Å². The van der Waals surface area contributed by atoms with Crippen molar-refractivity contribution in [3.63, 3.8) is 0 Å². The highest BCUT2D eigenvalue weighted by Gasteiger charge is 2.57. The average Bonchev–Trinajstić information content (AvgIpc) is 3.24. The number of carboxylic acids is 1. The number of ether oxygens (including phenoxy) is 2. The van der Waals surface area contributed by atoms with Gasteiger partial charge >= 0.3 is 5.97 Å². The number of rotatable bonds is 4. The van der Waals surface area contributed by atoms with Gasteiger partial charge in [0.25, 0.3) is 0 Å². The zero-order valence-electron chi connectivity index (χ0n) is 15.5. The molecule has 0 aliphatic carbocycles. The van der Waals surface area contributed by atoms with Crippen LogP contribution in [0.2, 0.25) is 5.02 Å². The van der Waals surface area contributed by atoms with E-state index in [1.807, 2.05) is 6.07 Å². The minimum Gasteiger partial charge on any atom is -0.481 e. The zero-order chi connectivity index (χ0) is 20.9. The molecule has 29 heavy (non-hydrogen) atoms. The number of benzene rings is 1. The first kappa shape index (κ1) is 20.7. The number of aliphatic hydroxyl groups excluding tert-OH is 3. The number of carbonyl (C=O) groups is 1. The van der Waals surface area contributed by atoms with Gasteiger partial charge in [0.2, 0.25) is 5.79 Å². The molecular weight excluding hydrogens is 420 g/mol. The van der Waals surface area contributed by atoms with E-state index in [-0.39, 0.29) is 13.0 Å². The fraction of sp³-hybridized carbons (Fsp3) is 0.450. The lowest BCUT2D eigenvalue weighted by Gasteiger charge is -2.45. The van der Waals surface area contributed by atoms with Gasteiger partial charge < -0.3 is 29.9 Å². The van der Waals surface area contributed by atoms with Crippen molar-refractivity contribution in [2.75, 3.05) is 0 Å². The lowest BCUT2D eigenvalue weighted by molar-refractivity contribution is -0.362. The minimum atomic E-state index is -1.57. The van der Waals surface area contributed by atoms with Gasteiger partial charge in [0, 0.05) is 26.8 Å². The highest BCUT2D eigenvalue weighted by molar-refractivity contribution is 7.12. The van der Waals surface area contributed by atoms with Crippen LogP contribution in [0.5, 0.6) is 0 Å². The van der Waals surface area contributed by atoms with Gasteiger partial charge in [0.1, 0.15) is 18.3 Å². The van der Waals surface area contributed by atoms with Gasteiger partial charge in [-0.15, -0.1) is 11.3 Å². The maximum absolute atomic E-state index is 10.9. The van der Waals surface area contributed by atoms with Crippen LogP contribution in [0.15, 0.2) is 24.3 Å². The number of hydrogen-bond acceptors (Lipinski definition) is 7. The Hall–Kier alpha value is -1.52. The molecule has 0 unspecified atom stereocenters. The van der Waals surface area contributed by atoms with Crippen LogP contribution in [0, 0.1) is 0 Å². The Morgan fingerprint density at radius 1 is 1.24 bits per heavy atom. The first-order chi connectivity index (χ1) is 13.7. The Labute approximate surface area is 176 Å². The molecule has 1 aromatic heterocycles. The average molecular weight is 441 g/mol. The van der Waals surface area contributed by atoms with E-state index >= 15 is 0 Å². The Morgan fingerprint density at radius 3 is 2.69 bits per heavy atom. The monoisotopic (exact) mass is 440 g/mol. The minimum absolute atomic E-state index is 0.0301. The topological polar surface area (TPSA) is 116 Å². The molecule has 3 heterocycles. The molecule has 2 aliphatic heterocycles. The molecule has 0 saturated carbocycles. The van der Waals surface area contributed by atoms with Crippen molar-refractivity contribution in [1.29, 1.82) is 0 Å². The quantitative estimate of drug-likeness (QED) is 0.572. The molecule has 1 saturated heterocycles. The number of halogens is 1. The molecule has 9 heteroatoms. The van der Waals surface area contributed by atoms with Gasteiger partial charge in [0.05, 0.1) is 19.1 Å². The van der Waals surface area contributed by atoms with Crippen LogP contribution in [0.25, 0.3) is 0 Å².